The molecular formula is C135H87N8P3S2Se. The van der Waals surface area contributed by atoms with Crippen LogP contribution in [0.1, 0.15) is 0 Å². The normalized spacial score (nSPS) is 12.1. The molecule has 14 heteroatoms. The third kappa shape index (κ3) is 15.0. The maximum absolute atomic E-state index is 6.62. The Morgan fingerprint density at radius 2 is 0.564 bits per heavy atom. The van der Waals surface area contributed by atoms with E-state index in [9.17, 15) is 0 Å². The number of hydrogen-bond donors (Lipinski definition) is 0. The van der Waals surface area contributed by atoms with Crippen LogP contribution in [0.2, 0.25) is 0 Å². The molecule has 700 valence electrons. The van der Waals surface area contributed by atoms with E-state index in [1.807, 2.05) is 36.7 Å². The fourth-order valence-electron chi connectivity index (χ4n) is 22.7. The Morgan fingerprint density at radius 3 is 1.15 bits per heavy atom. The van der Waals surface area contributed by atoms with Crippen LogP contribution < -0.4 is 47.7 Å². The van der Waals surface area contributed by atoms with Crippen molar-refractivity contribution in [2.75, 3.05) is 0 Å². The Kier molecular flexibility index (Phi) is 22.1. The number of para-hydroxylation sites is 4. The van der Waals surface area contributed by atoms with Crippen LogP contribution in [0.25, 0.3) is 214 Å². The average Bonchev–Trinajstić information content (AvgIpc) is 0.982. The van der Waals surface area contributed by atoms with Gasteiger partial charge in [0, 0.05) is 83.7 Å². The summed E-state index contributed by atoms with van der Waals surface area (Å²) < 4.78 is 7.07. The number of pyridine rings is 5. The van der Waals surface area contributed by atoms with Crippen LogP contribution in [0, 0.1) is 0 Å². The summed E-state index contributed by atoms with van der Waals surface area (Å²) in [6.45, 7) is 0. The van der Waals surface area contributed by atoms with Gasteiger partial charge >= 0.3 is 192 Å². The van der Waals surface area contributed by atoms with Crippen LogP contribution in [0.15, 0.2) is 528 Å². The van der Waals surface area contributed by atoms with Crippen molar-refractivity contribution in [3.05, 3.63) is 528 Å². The Bertz CT molecular complexity index is 10700. The second-order valence-electron chi connectivity index (χ2n) is 38.3. The molecule has 0 saturated heterocycles. The molecule has 0 atom stereocenters. The molecule has 30 aromatic rings. The van der Waals surface area contributed by atoms with Gasteiger partial charge in [-0.15, -0.1) is 0 Å². The zero-order chi connectivity index (χ0) is 99.0. The molecule has 0 aliphatic carbocycles. The third-order valence-electron chi connectivity index (χ3n) is 30.0. The molecule has 149 heavy (non-hydrogen) atoms. The van der Waals surface area contributed by atoms with Gasteiger partial charge in [-0.2, -0.15) is 0 Å². The summed E-state index contributed by atoms with van der Waals surface area (Å²) in [5.41, 5.74) is 20.9. The monoisotopic (exact) mass is 2060 g/mol. The van der Waals surface area contributed by atoms with Crippen molar-refractivity contribution in [2.24, 2.45) is 0 Å². The number of rotatable bonds is 13. The van der Waals surface area contributed by atoms with Gasteiger partial charge in [-0.1, -0.05) is 333 Å². The zero-order valence-electron chi connectivity index (χ0n) is 80.4. The van der Waals surface area contributed by atoms with Gasteiger partial charge in [-0.25, -0.2) is 15.0 Å². The minimum atomic E-state index is -2.30. The van der Waals surface area contributed by atoms with Gasteiger partial charge in [0.05, 0.1) is 55.3 Å². The molecular weight excluding hydrogens is 1970 g/mol. The van der Waals surface area contributed by atoms with Crippen molar-refractivity contribution in [1.29, 1.82) is 0 Å². The van der Waals surface area contributed by atoms with E-state index in [1.165, 1.54) is 157 Å². The van der Waals surface area contributed by atoms with Crippen molar-refractivity contribution in [3.63, 3.8) is 0 Å². The number of benzene rings is 22. The van der Waals surface area contributed by atoms with Crippen LogP contribution in [0.5, 0.6) is 0 Å². The summed E-state index contributed by atoms with van der Waals surface area (Å²) in [4.78, 5) is 25.7. The van der Waals surface area contributed by atoms with Gasteiger partial charge in [-0.05, 0) is 165 Å². The molecule has 0 aliphatic heterocycles. The average molecular weight is 2060 g/mol. The van der Waals surface area contributed by atoms with Crippen molar-refractivity contribution in [2.45, 2.75) is 0 Å². The summed E-state index contributed by atoms with van der Waals surface area (Å²) >= 11 is 16.8. The molecule has 8 nitrogen and oxygen atoms in total. The van der Waals surface area contributed by atoms with E-state index >= 15 is 0 Å². The van der Waals surface area contributed by atoms with Gasteiger partial charge in [0.15, 0.2) is 0 Å². The number of aromatic nitrogens is 8. The quantitative estimate of drug-likeness (QED) is 0.0493. The second-order valence-corrected chi connectivity index (χ2v) is 53.3. The van der Waals surface area contributed by atoms with E-state index in [4.69, 9.17) is 48.5 Å². The second kappa shape index (κ2) is 36.6. The minimum absolute atomic E-state index is 0.931. The standard InChI is InChI=1S/C48H30N3PS.C47H31N2PSe.C40H26N3PS/c53-52(37-14-3-1-4-15-37,38-16-5-2-6-17-38)39-25-36-20-19-34(27-44(36)49-30-39)35-22-24-43-46(29-35)51-45-28-33-13-8-7-12-32(33)26-42(45)41-23-21-31-11-9-10-18-40(31)47(41)48(51)50-43;51-50(37-12-3-1-4-13-37,38-14-5-2-6-15-38)39-27-23-33(24-28-39)32-19-21-34(22-20-32)36-26-29-41-42-30-25-35-11-7-8-16-40(35)46(42)47-48-43-17-9-10-18-44(43)49(47)45(41)31-36;45-44(29-11-3-1-4-12-29,30-13-5-2-6-14-30)31-21-24-36(41-26-31)28-20-22-32-27(25-28)19-23-34-33-15-7-8-16-35(33)40-42-37-17-9-10-18-38(37)43(40)39(32)34/h1-30H;1-31H;1-26H. The Morgan fingerprint density at radius 1 is 0.188 bits per heavy atom. The summed E-state index contributed by atoms with van der Waals surface area (Å²) in [6, 6.07) is 180. The number of nitrogens with zero attached hydrogens (tertiary/aromatic N) is 8. The van der Waals surface area contributed by atoms with Crippen LogP contribution in [0.3, 0.4) is 0 Å². The molecule has 0 N–H and O–H groups in total. The Hall–Kier alpha value is -16.9. The first-order valence-electron chi connectivity index (χ1n) is 50.1. The van der Waals surface area contributed by atoms with Crippen LogP contribution in [-0.2, 0) is 23.6 Å². The topological polar surface area (TPSA) is 77.7 Å². The fraction of sp³-hybridized carbons (Fsp3) is 0. The number of hydrogen-bond acceptors (Lipinski definition) is 7. The first kappa shape index (κ1) is 89.7. The molecule has 0 unspecified atom stereocenters. The zero-order valence-corrected chi connectivity index (χ0v) is 86.4. The fourth-order valence-corrected chi connectivity index (χ4v) is 34.9. The molecule has 0 aliphatic rings. The summed E-state index contributed by atoms with van der Waals surface area (Å²) in [6.07, 6.45) is 4.00. The molecule has 22 aromatic carbocycles. The molecule has 8 heterocycles. The summed E-state index contributed by atoms with van der Waals surface area (Å²) in [5.74, 6) is 0. The number of fused-ring (bicyclic) bond motifs is 32. The van der Waals surface area contributed by atoms with E-state index in [2.05, 4.69) is 520 Å². The van der Waals surface area contributed by atoms with Gasteiger partial charge < -0.3 is 0 Å². The van der Waals surface area contributed by atoms with Crippen LogP contribution in [0.4, 0.5) is 0 Å². The first-order chi connectivity index (χ1) is 73.5. The van der Waals surface area contributed by atoms with E-state index in [0.717, 1.165) is 105 Å². The SMILES string of the molecule is S=P(c1ccccc1)(c1ccccc1)c1ccc(-c2ccc3c(ccc4c5ccccc5c5nc6ccccc6n5c34)c2)nc1.S=P(c1ccccc1)(c1ccccc1)c1cnc2cc(-c3ccc4nc5c6c7ccccc7ccc6c6cc7ccccc7cc6n5c4c3)ccc2c1.[Se]=P(c1ccccc1)(c1ccccc1)c1ccc(-c2ccc(-c3ccc4c5ccc6ccccc6c5c5nc6ccccc6n5c4c3)cc2)cc1. The van der Waals surface area contributed by atoms with E-state index < -0.39 is 17.6 Å². The van der Waals surface area contributed by atoms with Crippen molar-refractivity contribution in [3.8, 4) is 44.6 Å². The first-order valence-corrected chi connectivity index (χ1v) is 59.7. The number of imidazole rings is 3. The van der Waals surface area contributed by atoms with Crippen LogP contribution in [-0.4, -0.2) is 53.2 Å². The molecule has 8 aromatic heterocycles. The van der Waals surface area contributed by atoms with E-state index in [1.54, 1.807) is 0 Å². The predicted octanol–water partition coefficient (Wildman–Crippen LogP) is 30.5. The van der Waals surface area contributed by atoms with Crippen molar-refractivity contribution in [1.82, 2.24) is 38.1 Å². The molecule has 0 spiro atoms. The third-order valence-corrected chi connectivity index (χ3v) is 46.9. The molecule has 0 amide bonds. The maximum atomic E-state index is 6.62. The van der Waals surface area contributed by atoms with Gasteiger partial charge in [-0.3, -0.25) is 23.2 Å². The van der Waals surface area contributed by atoms with Gasteiger partial charge in [0.2, 0.25) is 0 Å². The van der Waals surface area contributed by atoms with E-state index in [0.29, 0.717) is 0 Å². The van der Waals surface area contributed by atoms with Crippen molar-refractivity contribution >= 4 is 273 Å². The van der Waals surface area contributed by atoms with E-state index in [-0.39, 0.29) is 0 Å². The Balaban J connectivity index is 0.000000108. The molecule has 0 bridgehead atoms. The molecule has 0 radical (unpaired) electrons. The molecule has 0 fully saturated rings. The Labute approximate surface area is 876 Å². The molecule has 30 rings (SSSR count). The molecule has 0 saturated carbocycles. The summed E-state index contributed by atoms with van der Waals surface area (Å²) in [7, 11) is 0. The van der Waals surface area contributed by atoms with Crippen molar-refractivity contribution < 1.29 is 0 Å². The van der Waals surface area contributed by atoms with Gasteiger partial charge in [0.1, 0.15) is 16.9 Å². The van der Waals surface area contributed by atoms with Gasteiger partial charge in [0.25, 0.3) is 0 Å². The predicted molar refractivity (Wildman–Crippen MR) is 645 cm³/mol. The summed E-state index contributed by atoms with van der Waals surface area (Å²) in [5, 5.41) is 32.5. The van der Waals surface area contributed by atoms with Crippen LogP contribution >= 0.6 is 17.6 Å².